The van der Waals surface area contributed by atoms with Crippen LogP contribution in [0.1, 0.15) is 97.3 Å². The van der Waals surface area contributed by atoms with Crippen molar-refractivity contribution in [2.75, 3.05) is 20.0 Å². The van der Waals surface area contributed by atoms with Gasteiger partial charge in [-0.15, -0.1) is 0 Å². The minimum absolute atomic E-state index is 0.464. The molecule has 0 saturated heterocycles. The third-order valence-corrected chi connectivity index (χ3v) is 4.08. The number of ether oxygens (including phenoxy) is 2. The molecule has 0 radical (unpaired) electrons. The SMILES string of the molecule is CCCC/C=C\C=C\CCCCOCOCCCCCCCCC. The quantitative estimate of drug-likeness (QED) is 0.141. The summed E-state index contributed by atoms with van der Waals surface area (Å²) >= 11 is 0. The molecule has 0 aliphatic carbocycles. The Labute approximate surface area is 151 Å². The van der Waals surface area contributed by atoms with E-state index in [9.17, 15) is 0 Å². The Kier molecular flexibility index (Phi) is 21.8. The standard InChI is InChI=1S/C22H42O2/c1-3-5-7-9-11-12-13-15-17-19-21-24-22-23-20-18-16-14-10-8-6-4-2/h9,11-13H,3-8,10,14-22H2,1-2H3/b11-9-,13-12+. The first-order chi connectivity index (χ1) is 11.9. The second-order valence-corrected chi connectivity index (χ2v) is 6.55. The maximum Gasteiger partial charge on any atom is 0.146 e. The second kappa shape index (κ2) is 22.4. The molecule has 0 aliphatic heterocycles. The second-order valence-electron chi connectivity index (χ2n) is 6.55. The van der Waals surface area contributed by atoms with E-state index in [0.29, 0.717) is 6.79 Å². The van der Waals surface area contributed by atoms with Gasteiger partial charge in [0.05, 0.1) is 0 Å². The Hall–Kier alpha value is -0.600. The van der Waals surface area contributed by atoms with E-state index >= 15 is 0 Å². The number of allylic oxidation sites excluding steroid dienone is 4. The van der Waals surface area contributed by atoms with Gasteiger partial charge in [0.2, 0.25) is 0 Å². The lowest BCUT2D eigenvalue weighted by Crippen LogP contribution is -2.02. The van der Waals surface area contributed by atoms with Crippen LogP contribution in [0.5, 0.6) is 0 Å². The van der Waals surface area contributed by atoms with Crippen LogP contribution in [0.2, 0.25) is 0 Å². The Morgan fingerprint density at radius 1 is 0.542 bits per heavy atom. The van der Waals surface area contributed by atoms with Crippen molar-refractivity contribution in [3.63, 3.8) is 0 Å². The van der Waals surface area contributed by atoms with Crippen LogP contribution in [-0.2, 0) is 9.47 Å². The normalized spacial score (nSPS) is 11.9. The third kappa shape index (κ3) is 21.4. The summed E-state index contributed by atoms with van der Waals surface area (Å²) < 4.78 is 11.0. The van der Waals surface area contributed by atoms with Gasteiger partial charge in [-0.1, -0.05) is 89.5 Å². The molecule has 0 aromatic carbocycles. The molecule has 24 heavy (non-hydrogen) atoms. The van der Waals surface area contributed by atoms with Crippen molar-refractivity contribution in [3.8, 4) is 0 Å². The molecule has 0 bridgehead atoms. The zero-order valence-corrected chi connectivity index (χ0v) is 16.4. The predicted octanol–water partition coefficient (Wildman–Crippen LogP) is 7.20. The lowest BCUT2D eigenvalue weighted by molar-refractivity contribution is -0.0554. The summed E-state index contributed by atoms with van der Waals surface area (Å²) in [4.78, 5) is 0. The molecule has 0 rings (SSSR count). The van der Waals surface area contributed by atoms with Crippen LogP contribution >= 0.6 is 0 Å². The summed E-state index contributed by atoms with van der Waals surface area (Å²) in [5.74, 6) is 0. The molecule has 2 heteroatoms. The fraction of sp³-hybridized carbons (Fsp3) is 0.818. The van der Waals surface area contributed by atoms with E-state index in [4.69, 9.17) is 9.47 Å². The maximum atomic E-state index is 5.51. The minimum atomic E-state index is 0.464. The largest absolute Gasteiger partial charge is 0.355 e. The highest BCUT2D eigenvalue weighted by Gasteiger charge is 1.92. The highest BCUT2D eigenvalue weighted by Crippen LogP contribution is 2.06. The Morgan fingerprint density at radius 3 is 1.67 bits per heavy atom. The van der Waals surface area contributed by atoms with Gasteiger partial charge >= 0.3 is 0 Å². The van der Waals surface area contributed by atoms with Crippen LogP contribution in [0, 0.1) is 0 Å². The Morgan fingerprint density at radius 2 is 1.04 bits per heavy atom. The molecular formula is C22H42O2. The molecule has 0 heterocycles. The first-order valence-electron chi connectivity index (χ1n) is 10.4. The van der Waals surface area contributed by atoms with E-state index in [1.165, 1.54) is 70.6 Å². The van der Waals surface area contributed by atoms with Crippen molar-refractivity contribution < 1.29 is 9.47 Å². The summed E-state index contributed by atoms with van der Waals surface area (Å²) in [6.07, 6.45) is 25.4. The number of hydrogen-bond donors (Lipinski definition) is 0. The van der Waals surface area contributed by atoms with Crippen molar-refractivity contribution in [2.45, 2.75) is 97.3 Å². The molecule has 0 spiro atoms. The van der Waals surface area contributed by atoms with Gasteiger partial charge < -0.3 is 9.47 Å². The average Bonchev–Trinajstić information content (AvgIpc) is 2.60. The van der Waals surface area contributed by atoms with Gasteiger partial charge in [0, 0.05) is 13.2 Å². The van der Waals surface area contributed by atoms with E-state index in [1.807, 2.05) is 0 Å². The molecular weight excluding hydrogens is 296 g/mol. The summed E-state index contributed by atoms with van der Waals surface area (Å²) in [5, 5.41) is 0. The average molecular weight is 339 g/mol. The molecule has 0 N–H and O–H groups in total. The summed E-state index contributed by atoms with van der Waals surface area (Å²) in [6, 6.07) is 0. The smallest absolute Gasteiger partial charge is 0.146 e. The highest BCUT2D eigenvalue weighted by molar-refractivity contribution is 5.02. The Balaban J connectivity index is 3.07. The fourth-order valence-electron chi connectivity index (χ4n) is 2.48. The van der Waals surface area contributed by atoms with Crippen LogP contribution in [0.15, 0.2) is 24.3 Å². The van der Waals surface area contributed by atoms with Crippen LogP contribution in [0.4, 0.5) is 0 Å². The molecule has 0 unspecified atom stereocenters. The zero-order chi connectivity index (χ0) is 17.6. The summed E-state index contributed by atoms with van der Waals surface area (Å²) in [5.41, 5.74) is 0. The lowest BCUT2D eigenvalue weighted by Gasteiger charge is -2.05. The summed E-state index contributed by atoms with van der Waals surface area (Å²) in [6.45, 7) is 6.62. The van der Waals surface area contributed by atoms with Crippen molar-refractivity contribution in [3.05, 3.63) is 24.3 Å². The maximum absolute atomic E-state index is 5.51. The fourth-order valence-corrected chi connectivity index (χ4v) is 2.48. The van der Waals surface area contributed by atoms with E-state index in [2.05, 4.69) is 38.2 Å². The van der Waals surface area contributed by atoms with Crippen LogP contribution in [0.3, 0.4) is 0 Å². The molecule has 0 amide bonds. The monoisotopic (exact) mass is 338 g/mol. The number of rotatable bonds is 19. The molecule has 0 aliphatic rings. The predicted molar refractivity (Wildman–Crippen MR) is 106 cm³/mol. The van der Waals surface area contributed by atoms with Crippen LogP contribution in [0.25, 0.3) is 0 Å². The van der Waals surface area contributed by atoms with E-state index in [0.717, 1.165) is 26.1 Å². The highest BCUT2D eigenvalue weighted by atomic mass is 16.7. The number of unbranched alkanes of at least 4 members (excludes halogenated alkanes) is 10. The van der Waals surface area contributed by atoms with Crippen molar-refractivity contribution in [1.82, 2.24) is 0 Å². The summed E-state index contributed by atoms with van der Waals surface area (Å²) in [7, 11) is 0. The van der Waals surface area contributed by atoms with Gasteiger partial charge in [0.1, 0.15) is 6.79 Å². The minimum Gasteiger partial charge on any atom is -0.355 e. The molecule has 2 nitrogen and oxygen atoms in total. The molecule has 0 aromatic rings. The van der Waals surface area contributed by atoms with Gasteiger partial charge in [-0.3, -0.25) is 0 Å². The van der Waals surface area contributed by atoms with Crippen molar-refractivity contribution >= 4 is 0 Å². The molecule has 0 aromatic heterocycles. The number of hydrogen-bond acceptors (Lipinski definition) is 2. The van der Waals surface area contributed by atoms with Gasteiger partial charge in [-0.05, 0) is 32.1 Å². The third-order valence-electron chi connectivity index (χ3n) is 4.08. The van der Waals surface area contributed by atoms with Crippen LogP contribution in [-0.4, -0.2) is 20.0 Å². The Bertz CT molecular complexity index is 271. The molecule has 0 fully saturated rings. The zero-order valence-electron chi connectivity index (χ0n) is 16.4. The van der Waals surface area contributed by atoms with Gasteiger partial charge in [-0.2, -0.15) is 0 Å². The topological polar surface area (TPSA) is 18.5 Å². The van der Waals surface area contributed by atoms with Gasteiger partial charge in [-0.25, -0.2) is 0 Å². The molecule has 0 saturated carbocycles. The van der Waals surface area contributed by atoms with Crippen LogP contribution < -0.4 is 0 Å². The van der Waals surface area contributed by atoms with E-state index in [-0.39, 0.29) is 0 Å². The van der Waals surface area contributed by atoms with E-state index in [1.54, 1.807) is 0 Å². The van der Waals surface area contributed by atoms with Crippen molar-refractivity contribution in [2.24, 2.45) is 0 Å². The van der Waals surface area contributed by atoms with Gasteiger partial charge in [0.15, 0.2) is 0 Å². The first-order valence-corrected chi connectivity index (χ1v) is 10.4. The lowest BCUT2D eigenvalue weighted by atomic mass is 10.1. The molecule has 142 valence electrons. The van der Waals surface area contributed by atoms with Gasteiger partial charge in [0.25, 0.3) is 0 Å². The van der Waals surface area contributed by atoms with E-state index < -0.39 is 0 Å². The van der Waals surface area contributed by atoms with Crippen molar-refractivity contribution in [1.29, 1.82) is 0 Å². The molecule has 0 atom stereocenters. The first kappa shape index (κ1) is 23.4.